The second-order valence-corrected chi connectivity index (χ2v) is 11.2. The summed E-state index contributed by atoms with van der Waals surface area (Å²) in [6.07, 6.45) is 0.803. The number of thiazole rings is 1. The monoisotopic (exact) mass is 456 g/mol. The second-order valence-electron chi connectivity index (χ2n) is 8.97. The minimum absolute atomic E-state index is 0.00113. The van der Waals surface area contributed by atoms with E-state index in [1.165, 1.54) is 11.3 Å². The molecule has 160 valence electrons. The van der Waals surface area contributed by atoms with E-state index >= 15 is 0 Å². The lowest BCUT2D eigenvalue weighted by atomic mass is 9.67. The summed E-state index contributed by atoms with van der Waals surface area (Å²) in [5.74, 6) is -2.54. The van der Waals surface area contributed by atoms with Gasteiger partial charge in [0.25, 0.3) is 0 Å². The number of benzene rings is 1. The first kappa shape index (κ1) is 19.3. The Kier molecular flexibility index (Phi) is 4.08. The zero-order chi connectivity index (χ0) is 21.6. The van der Waals surface area contributed by atoms with E-state index in [2.05, 4.69) is 24.0 Å². The number of aromatic nitrogens is 1. The number of nitrogens with one attached hydrogen (secondary N) is 1. The lowest BCUT2D eigenvalue weighted by molar-refractivity contribution is -0.149. The number of imide groups is 1. The number of hydrogen-bond acceptors (Lipinski definition) is 6. The summed E-state index contributed by atoms with van der Waals surface area (Å²) in [6, 6.07) is 8.16. The van der Waals surface area contributed by atoms with Gasteiger partial charge in [-0.05, 0) is 42.2 Å². The Bertz CT molecular complexity index is 1200. The van der Waals surface area contributed by atoms with Crippen LogP contribution in [0.4, 0.5) is 0 Å². The predicted molar refractivity (Wildman–Crippen MR) is 114 cm³/mol. The molecule has 0 radical (unpaired) electrons. The molecule has 2 aliphatic heterocycles. The van der Waals surface area contributed by atoms with Crippen molar-refractivity contribution in [2.24, 2.45) is 29.6 Å². The fraction of sp³-hybridized carbons (Fsp3) is 0.455. The number of carboxylic acids is 1. The molecule has 6 rings (SSSR count). The Morgan fingerprint density at radius 3 is 2.58 bits per heavy atom. The van der Waals surface area contributed by atoms with E-state index in [0.29, 0.717) is 0 Å². The zero-order valence-electron chi connectivity index (χ0n) is 16.6. The maximum atomic E-state index is 13.1. The minimum Gasteiger partial charge on any atom is -0.480 e. The third-order valence-corrected chi connectivity index (χ3v) is 10.2. The predicted octanol–water partition coefficient (Wildman–Crippen LogP) is 2.30. The molecular formula is C22H20N2O5S2. The van der Waals surface area contributed by atoms with Crippen LogP contribution in [0.15, 0.2) is 34.1 Å². The molecule has 9 heteroatoms. The molecule has 2 bridgehead atoms. The number of amides is 2. The van der Waals surface area contributed by atoms with Crippen molar-refractivity contribution in [2.75, 3.05) is 6.54 Å². The maximum Gasteiger partial charge on any atom is 0.323 e. The molecule has 1 saturated heterocycles. The van der Waals surface area contributed by atoms with Crippen LogP contribution in [-0.2, 0) is 14.4 Å². The van der Waals surface area contributed by atoms with Gasteiger partial charge in [-0.2, -0.15) is 0 Å². The van der Waals surface area contributed by atoms with Crippen LogP contribution in [0.3, 0.4) is 0 Å². The number of hydrogen-bond donors (Lipinski definition) is 2. The van der Waals surface area contributed by atoms with Gasteiger partial charge in [0.05, 0.1) is 16.9 Å². The minimum atomic E-state index is -1.17. The molecule has 7 atom stereocenters. The third kappa shape index (κ3) is 2.53. The largest absolute Gasteiger partial charge is 0.480 e. The molecule has 7 nitrogen and oxygen atoms in total. The molecular weight excluding hydrogens is 436 g/mol. The summed E-state index contributed by atoms with van der Waals surface area (Å²) >= 11 is 2.88. The highest BCUT2D eigenvalue weighted by Gasteiger charge is 2.69. The van der Waals surface area contributed by atoms with E-state index in [9.17, 15) is 24.3 Å². The number of thioether (sulfide) groups is 1. The normalized spacial score (nSPS) is 35.3. The lowest BCUT2D eigenvalue weighted by Crippen LogP contribution is -2.42. The van der Waals surface area contributed by atoms with E-state index < -0.39 is 24.3 Å². The number of fused-ring (bicyclic) bond motifs is 9. The van der Waals surface area contributed by atoms with Crippen LogP contribution in [0.25, 0.3) is 0 Å². The summed E-state index contributed by atoms with van der Waals surface area (Å²) in [4.78, 5) is 54.5. The molecule has 0 unspecified atom stereocenters. The van der Waals surface area contributed by atoms with Crippen molar-refractivity contribution in [3.8, 4) is 0 Å². The lowest BCUT2D eigenvalue weighted by Gasteiger charge is -2.43. The van der Waals surface area contributed by atoms with Crippen molar-refractivity contribution >= 4 is 40.9 Å². The Morgan fingerprint density at radius 2 is 1.87 bits per heavy atom. The Balaban J connectivity index is 1.47. The van der Waals surface area contributed by atoms with Gasteiger partial charge in [0.2, 0.25) is 11.8 Å². The van der Waals surface area contributed by atoms with E-state index in [1.807, 2.05) is 12.1 Å². The average molecular weight is 457 g/mol. The number of aromatic amines is 1. The van der Waals surface area contributed by atoms with Gasteiger partial charge in [0.15, 0.2) is 0 Å². The van der Waals surface area contributed by atoms with Crippen molar-refractivity contribution in [1.82, 2.24) is 9.88 Å². The molecule has 0 spiro atoms. The molecule has 1 aromatic carbocycles. The fourth-order valence-electron chi connectivity index (χ4n) is 6.65. The number of carbonyl (C=O) groups is 3. The second kappa shape index (κ2) is 6.56. The SMILES string of the molecule is Cc1ccccc1[C@@H]1c2sc(=O)[nH]c2S[C@@H]2[C@H]3C[C@@H]([C@@H]4C(=O)N(CC(=O)O)C(=O)[C@@H]34)[C@H]12. The highest BCUT2D eigenvalue weighted by Crippen LogP contribution is 2.68. The van der Waals surface area contributed by atoms with Gasteiger partial charge in [-0.15, -0.1) is 11.8 Å². The molecule has 2 amide bonds. The van der Waals surface area contributed by atoms with Crippen LogP contribution in [0, 0.1) is 36.5 Å². The van der Waals surface area contributed by atoms with Gasteiger partial charge in [-0.1, -0.05) is 35.6 Å². The van der Waals surface area contributed by atoms with Crippen molar-refractivity contribution in [3.05, 3.63) is 49.9 Å². The van der Waals surface area contributed by atoms with E-state index in [-0.39, 0.29) is 45.6 Å². The summed E-state index contributed by atoms with van der Waals surface area (Å²) in [7, 11) is 0. The van der Waals surface area contributed by atoms with Gasteiger partial charge in [0, 0.05) is 16.0 Å². The highest BCUT2D eigenvalue weighted by molar-refractivity contribution is 8.00. The molecule has 31 heavy (non-hydrogen) atoms. The van der Waals surface area contributed by atoms with Gasteiger partial charge < -0.3 is 10.1 Å². The number of rotatable bonds is 3. The number of aryl methyl sites for hydroxylation is 1. The first-order chi connectivity index (χ1) is 14.9. The molecule has 3 heterocycles. The van der Waals surface area contributed by atoms with Crippen LogP contribution in [0.1, 0.15) is 28.3 Å². The summed E-state index contributed by atoms with van der Waals surface area (Å²) in [5.41, 5.74) is 2.31. The Morgan fingerprint density at radius 1 is 1.16 bits per heavy atom. The fourth-order valence-corrected chi connectivity index (χ4v) is 9.53. The molecule has 3 fully saturated rings. The average Bonchev–Trinajstić information content (AvgIpc) is 3.44. The van der Waals surface area contributed by atoms with Crippen LogP contribution < -0.4 is 4.87 Å². The number of carbonyl (C=O) groups excluding carboxylic acids is 2. The molecule has 2 aromatic rings. The van der Waals surface area contributed by atoms with Gasteiger partial charge >= 0.3 is 10.8 Å². The number of nitrogens with zero attached hydrogens (tertiary/aromatic N) is 1. The van der Waals surface area contributed by atoms with E-state index in [0.717, 1.165) is 32.4 Å². The van der Waals surface area contributed by atoms with Crippen molar-refractivity contribution < 1.29 is 19.5 Å². The first-order valence-corrected chi connectivity index (χ1v) is 12.1. The summed E-state index contributed by atoms with van der Waals surface area (Å²) in [5, 5.41) is 10.2. The Hall–Kier alpha value is -2.39. The summed E-state index contributed by atoms with van der Waals surface area (Å²) < 4.78 is 0. The number of carboxylic acid groups (broad SMARTS) is 1. The first-order valence-electron chi connectivity index (χ1n) is 10.4. The quantitative estimate of drug-likeness (QED) is 0.687. The smallest absolute Gasteiger partial charge is 0.323 e. The van der Waals surface area contributed by atoms with Crippen molar-refractivity contribution in [2.45, 2.75) is 29.5 Å². The van der Waals surface area contributed by atoms with Gasteiger partial charge in [0.1, 0.15) is 6.54 Å². The molecule has 2 saturated carbocycles. The van der Waals surface area contributed by atoms with Crippen LogP contribution in [0.5, 0.6) is 0 Å². The van der Waals surface area contributed by atoms with E-state index in [1.54, 1.807) is 11.8 Å². The topological polar surface area (TPSA) is 108 Å². The van der Waals surface area contributed by atoms with Crippen LogP contribution in [0.2, 0.25) is 0 Å². The van der Waals surface area contributed by atoms with Crippen molar-refractivity contribution in [3.63, 3.8) is 0 Å². The Labute approximate surface area is 185 Å². The molecule has 2 aliphatic carbocycles. The van der Waals surface area contributed by atoms with Crippen LogP contribution in [-0.4, -0.2) is 44.6 Å². The number of aliphatic carboxylic acids is 1. The van der Waals surface area contributed by atoms with Gasteiger partial charge in [-0.25, -0.2) is 0 Å². The highest BCUT2D eigenvalue weighted by atomic mass is 32.2. The maximum absolute atomic E-state index is 13.1. The van der Waals surface area contributed by atoms with Crippen molar-refractivity contribution in [1.29, 1.82) is 0 Å². The zero-order valence-corrected chi connectivity index (χ0v) is 18.2. The molecule has 1 aromatic heterocycles. The summed E-state index contributed by atoms with van der Waals surface area (Å²) in [6.45, 7) is 1.50. The number of H-pyrrole nitrogens is 1. The third-order valence-electron chi connectivity index (χ3n) is 7.63. The van der Waals surface area contributed by atoms with Gasteiger partial charge in [-0.3, -0.25) is 24.1 Å². The molecule has 4 aliphatic rings. The van der Waals surface area contributed by atoms with E-state index in [4.69, 9.17) is 0 Å². The van der Waals surface area contributed by atoms with Crippen LogP contribution >= 0.6 is 23.1 Å². The molecule has 2 N–H and O–H groups in total. The standard InChI is InChI=1S/C22H20N2O5S2/c1-8-4-2-3-5-9(8)13-14-10-6-11(17(14)30-19-18(13)31-22(29)23-19)16-15(10)20(27)24(21(16)28)7-12(25)26/h2-5,10-11,13-17H,6-7H2,1H3,(H,23,29)(H,25,26)/t10-,11+,13+,14-,15+,16+,17-/m1/s1. The number of likely N-dealkylation sites (tertiary alicyclic amines) is 1.